The summed E-state index contributed by atoms with van der Waals surface area (Å²) in [5.74, 6) is 0.648. The normalized spacial score (nSPS) is 17.0. The molecule has 0 spiro atoms. The number of likely N-dealkylation sites (tertiary alicyclic amines) is 1. The molecule has 1 aromatic carbocycles. The number of carbonyl (C=O) groups is 1. The van der Waals surface area contributed by atoms with Crippen molar-refractivity contribution < 1.29 is 18.2 Å². The molecule has 134 valence electrons. The summed E-state index contributed by atoms with van der Waals surface area (Å²) < 4.78 is 23.6. The van der Waals surface area contributed by atoms with Gasteiger partial charge in [0.15, 0.2) is 11.5 Å². The number of benzene rings is 1. The molecule has 0 bridgehead atoms. The fourth-order valence-corrected chi connectivity index (χ4v) is 3.55. The Morgan fingerprint density at radius 2 is 1.96 bits per heavy atom. The van der Waals surface area contributed by atoms with Gasteiger partial charge in [0.05, 0.1) is 11.7 Å². The number of rotatable bonds is 3. The number of aryl methyl sites for hydroxylation is 2. The monoisotopic (exact) mass is 355 g/mol. The molecule has 0 unspecified atom stereocenters. The molecule has 7 heteroatoms. The SMILES string of the molecule is Cc1noc(C)c1[C@@H]1CCCN1C(=O)c1cc(-c2ccc(F)cc2)on1. The fourth-order valence-electron chi connectivity index (χ4n) is 3.55. The van der Waals surface area contributed by atoms with Crippen LogP contribution >= 0.6 is 0 Å². The predicted octanol–water partition coefficient (Wildman–Crippen LogP) is 4.06. The van der Waals surface area contributed by atoms with Gasteiger partial charge >= 0.3 is 0 Å². The zero-order valence-corrected chi connectivity index (χ0v) is 14.5. The second-order valence-corrected chi connectivity index (χ2v) is 6.48. The van der Waals surface area contributed by atoms with E-state index in [2.05, 4.69) is 10.3 Å². The first-order valence-electron chi connectivity index (χ1n) is 8.51. The van der Waals surface area contributed by atoms with E-state index in [-0.39, 0.29) is 23.5 Å². The molecule has 0 N–H and O–H groups in total. The van der Waals surface area contributed by atoms with Crippen LogP contribution in [0.3, 0.4) is 0 Å². The minimum atomic E-state index is -0.330. The Morgan fingerprint density at radius 1 is 1.19 bits per heavy atom. The number of hydrogen-bond donors (Lipinski definition) is 0. The zero-order chi connectivity index (χ0) is 18.3. The standard InChI is InChI=1S/C19H18FN3O3/c1-11-18(12(2)25-21-11)16-4-3-9-23(16)19(24)15-10-17(26-22-15)13-5-7-14(20)8-6-13/h5-8,10,16H,3-4,9H2,1-2H3/t16-/m0/s1. The smallest absolute Gasteiger partial charge is 0.276 e. The molecule has 1 saturated heterocycles. The van der Waals surface area contributed by atoms with Crippen molar-refractivity contribution in [3.63, 3.8) is 0 Å². The van der Waals surface area contributed by atoms with E-state index in [1.807, 2.05) is 13.8 Å². The van der Waals surface area contributed by atoms with Crippen LogP contribution in [0.4, 0.5) is 4.39 Å². The molecule has 4 rings (SSSR count). The van der Waals surface area contributed by atoms with Gasteiger partial charge in [-0.05, 0) is 51.0 Å². The Labute approximate surface area is 149 Å². The van der Waals surface area contributed by atoms with Crippen molar-refractivity contribution in [2.75, 3.05) is 6.54 Å². The molecule has 0 aliphatic carbocycles. The average molecular weight is 355 g/mol. The van der Waals surface area contributed by atoms with Crippen molar-refractivity contribution in [1.82, 2.24) is 15.2 Å². The van der Waals surface area contributed by atoms with Crippen LogP contribution in [0.2, 0.25) is 0 Å². The van der Waals surface area contributed by atoms with Crippen LogP contribution in [0.25, 0.3) is 11.3 Å². The van der Waals surface area contributed by atoms with E-state index in [0.29, 0.717) is 17.9 Å². The van der Waals surface area contributed by atoms with E-state index < -0.39 is 0 Å². The highest BCUT2D eigenvalue weighted by Crippen LogP contribution is 2.36. The summed E-state index contributed by atoms with van der Waals surface area (Å²) in [7, 11) is 0. The highest BCUT2D eigenvalue weighted by atomic mass is 19.1. The number of nitrogens with zero attached hydrogens (tertiary/aromatic N) is 3. The van der Waals surface area contributed by atoms with Gasteiger partial charge in [0.25, 0.3) is 5.91 Å². The lowest BCUT2D eigenvalue weighted by Gasteiger charge is -2.23. The number of carbonyl (C=O) groups excluding carboxylic acids is 1. The van der Waals surface area contributed by atoms with E-state index in [0.717, 1.165) is 29.9 Å². The maximum absolute atomic E-state index is 13.1. The van der Waals surface area contributed by atoms with E-state index in [1.54, 1.807) is 23.1 Å². The van der Waals surface area contributed by atoms with Gasteiger partial charge in [-0.15, -0.1) is 0 Å². The average Bonchev–Trinajstić information content (AvgIpc) is 3.35. The van der Waals surface area contributed by atoms with Gasteiger partial charge in [0, 0.05) is 23.7 Å². The summed E-state index contributed by atoms with van der Waals surface area (Å²) in [4.78, 5) is 14.8. The lowest BCUT2D eigenvalue weighted by atomic mass is 10.0. The van der Waals surface area contributed by atoms with Crippen molar-refractivity contribution in [3.8, 4) is 11.3 Å². The van der Waals surface area contributed by atoms with Gasteiger partial charge in [0.2, 0.25) is 0 Å². The van der Waals surface area contributed by atoms with Crippen LogP contribution in [0, 0.1) is 19.7 Å². The maximum Gasteiger partial charge on any atom is 0.276 e. The number of aromatic nitrogens is 2. The van der Waals surface area contributed by atoms with Crippen molar-refractivity contribution in [1.29, 1.82) is 0 Å². The Hall–Kier alpha value is -2.96. The molecule has 1 fully saturated rings. The second-order valence-electron chi connectivity index (χ2n) is 6.48. The second kappa shape index (κ2) is 6.40. The molecule has 2 aromatic heterocycles. The zero-order valence-electron chi connectivity index (χ0n) is 14.5. The van der Waals surface area contributed by atoms with Crippen LogP contribution in [-0.4, -0.2) is 27.7 Å². The molecule has 1 amide bonds. The topological polar surface area (TPSA) is 72.4 Å². The van der Waals surface area contributed by atoms with Gasteiger partial charge in [-0.3, -0.25) is 4.79 Å². The lowest BCUT2D eigenvalue weighted by molar-refractivity contribution is 0.0724. The number of halogens is 1. The molecule has 0 saturated carbocycles. The molecule has 0 radical (unpaired) electrons. The summed E-state index contributed by atoms with van der Waals surface area (Å²) in [6.45, 7) is 4.39. The largest absolute Gasteiger partial charge is 0.361 e. The van der Waals surface area contributed by atoms with Crippen LogP contribution in [0.15, 0.2) is 39.4 Å². The Morgan fingerprint density at radius 3 is 2.65 bits per heavy atom. The maximum atomic E-state index is 13.1. The van der Waals surface area contributed by atoms with Crippen LogP contribution in [0.1, 0.15) is 46.4 Å². The van der Waals surface area contributed by atoms with Gasteiger partial charge in [0.1, 0.15) is 11.6 Å². The quantitative estimate of drug-likeness (QED) is 0.708. The highest BCUT2D eigenvalue weighted by Gasteiger charge is 2.35. The summed E-state index contributed by atoms with van der Waals surface area (Å²) >= 11 is 0. The van der Waals surface area contributed by atoms with E-state index in [1.165, 1.54) is 12.1 Å². The third kappa shape index (κ3) is 2.79. The highest BCUT2D eigenvalue weighted by molar-refractivity contribution is 5.93. The first-order valence-corrected chi connectivity index (χ1v) is 8.51. The van der Waals surface area contributed by atoms with Gasteiger partial charge < -0.3 is 13.9 Å². The first kappa shape index (κ1) is 16.5. The molecule has 6 nitrogen and oxygen atoms in total. The lowest BCUT2D eigenvalue weighted by Crippen LogP contribution is -2.31. The van der Waals surface area contributed by atoms with Crippen molar-refractivity contribution in [3.05, 3.63) is 58.9 Å². The molecular weight excluding hydrogens is 337 g/mol. The third-order valence-electron chi connectivity index (χ3n) is 4.79. The van der Waals surface area contributed by atoms with Crippen molar-refractivity contribution in [2.45, 2.75) is 32.7 Å². The summed E-state index contributed by atoms with van der Waals surface area (Å²) in [5.41, 5.74) is 2.68. The molecule has 1 aliphatic heterocycles. The van der Waals surface area contributed by atoms with Crippen LogP contribution in [-0.2, 0) is 0 Å². The summed E-state index contributed by atoms with van der Waals surface area (Å²) in [6.07, 6.45) is 1.76. The molecule has 1 aliphatic rings. The fraction of sp³-hybridized carbons (Fsp3) is 0.316. The third-order valence-corrected chi connectivity index (χ3v) is 4.79. The molecule has 3 heterocycles. The minimum Gasteiger partial charge on any atom is -0.361 e. The number of amides is 1. The van der Waals surface area contributed by atoms with Gasteiger partial charge in [-0.1, -0.05) is 10.3 Å². The molecule has 26 heavy (non-hydrogen) atoms. The first-order chi connectivity index (χ1) is 12.5. The Balaban J connectivity index is 1.60. The van der Waals surface area contributed by atoms with E-state index in [4.69, 9.17) is 9.05 Å². The van der Waals surface area contributed by atoms with Crippen LogP contribution < -0.4 is 0 Å². The minimum absolute atomic E-state index is 0.0697. The Kier molecular flexibility index (Phi) is 4.06. The summed E-state index contributed by atoms with van der Waals surface area (Å²) in [5, 5.41) is 7.92. The number of hydrogen-bond acceptors (Lipinski definition) is 5. The van der Waals surface area contributed by atoms with E-state index in [9.17, 15) is 9.18 Å². The molecule has 3 aromatic rings. The molecule has 1 atom stereocenters. The van der Waals surface area contributed by atoms with E-state index >= 15 is 0 Å². The molecular formula is C19H18FN3O3. The van der Waals surface area contributed by atoms with Crippen molar-refractivity contribution >= 4 is 5.91 Å². The Bertz CT molecular complexity index is 926. The van der Waals surface area contributed by atoms with Gasteiger partial charge in [-0.2, -0.15) is 0 Å². The predicted molar refractivity (Wildman–Crippen MR) is 90.9 cm³/mol. The van der Waals surface area contributed by atoms with Crippen molar-refractivity contribution in [2.24, 2.45) is 0 Å². The summed E-state index contributed by atoms with van der Waals surface area (Å²) in [6, 6.07) is 7.39. The van der Waals surface area contributed by atoms with Gasteiger partial charge in [-0.25, -0.2) is 4.39 Å². The van der Waals surface area contributed by atoms with Crippen LogP contribution in [0.5, 0.6) is 0 Å².